The lowest BCUT2D eigenvalue weighted by Gasteiger charge is -2.23. The molecular weight excluding hydrogens is 210 g/mol. The van der Waals surface area contributed by atoms with Gasteiger partial charge in [-0.25, -0.2) is 0 Å². The van der Waals surface area contributed by atoms with Crippen LogP contribution >= 0.6 is 0 Å². The van der Waals surface area contributed by atoms with E-state index >= 15 is 0 Å². The number of rotatable bonds is 5. The van der Waals surface area contributed by atoms with E-state index in [2.05, 4.69) is 20.3 Å². The normalized spacial score (nSPS) is 11.2. The molecule has 0 amide bonds. The summed E-state index contributed by atoms with van der Waals surface area (Å²) in [6.45, 7) is 5.85. The average molecular weight is 227 g/mol. The summed E-state index contributed by atoms with van der Waals surface area (Å²) in [5, 5.41) is 12.0. The minimum absolute atomic E-state index is 0.0530. The van der Waals surface area contributed by atoms with Crippen molar-refractivity contribution in [3.8, 4) is 6.01 Å². The van der Waals surface area contributed by atoms with Gasteiger partial charge in [0.15, 0.2) is 0 Å². The molecule has 0 saturated heterocycles. The van der Waals surface area contributed by atoms with Gasteiger partial charge in [0.1, 0.15) is 0 Å². The number of anilines is 2. The Morgan fingerprint density at radius 3 is 2.62 bits per heavy atom. The molecule has 0 aliphatic heterocycles. The first-order valence-electron chi connectivity index (χ1n) is 5.00. The van der Waals surface area contributed by atoms with E-state index in [-0.39, 0.29) is 24.5 Å². The predicted molar refractivity (Wildman–Crippen MR) is 60.2 cm³/mol. The fourth-order valence-electron chi connectivity index (χ4n) is 0.964. The lowest BCUT2D eigenvalue weighted by atomic mass is 10.1. The molecule has 7 nitrogen and oxygen atoms in total. The molecule has 0 spiro atoms. The fraction of sp³-hybridized carbons (Fsp3) is 0.667. The topological polar surface area (TPSA) is 106 Å². The van der Waals surface area contributed by atoms with Crippen LogP contribution < -0.4 is 15.8 Å². The van der Waals surface area contributed by atoms with Crippen LogP contribution in [0.4, 0.5) is 11.9 Å². The van der Waals surface area contributed by atoms with Crippen molar-refractivity contribution in [2.75, 3.05) is 24.3 Å². The molecule has 0 aromatic carbocycles. The number of nitrogens with one attached hydrogen (secondary N) is 1. The highest BCUT2D eigenvalue weighted by Crippen LogP contribution is 2.13. The van der Waals surface area contributed by atoms with Crippen molar-refractivity contribution in [2.45, 2.75) is 26.3 Å². The highest BCUT2D eigenvalue weighted by atomic mass is 16.5. The zero-order chi connectivity index (χ0) is 12.2. The molecular formula is C9H17N5O2. The quantitative estimate of drug-likeness (QED) is 0.651. The van der Waals surface area contributed by atoms with Crippen LogP contribution in [0.3, 0.4) is 0 Å². The van der Waals surface area contributed by atoms with E-state index in [0.29, 0.717) is 6.61 Å². The zero-order valence-corrected chi connectivity index (χ0v) is 9.69. The van der Waals surface area contributed by atoms with Crippen LogP contribution in [-0.4, -0.2) is 38.8 Å². The summed E-state index contributed by atoms with van der Waals surface area (Å²) in [4.78, 5) is 11.7. The number of aliphatic hydroxyl groups excluding tert-OH is 1. The number of aliphatic hydroxyl groups is 1. The highest BCUT2D eigenvalue weighted by Gasteiger charge is 2.18. The first-order valence-corrected chi connectivity index (χ1v) is 5.00. The Morgan fingerprint density at radius 2 is 2.06 bits per heavy atom. The van der Waals surface area contributed by atoms with E-state index in [1.165, 1.54) is 0 Å². The summed E-state index contributed by atoms with van der Waals surface area (Å²) in [6, 6.07) is 0.172. The fourth-order valence-corrected chi connectivity index (χ4v) is 0.964. The third-order valence-corrected chi connectivity index (χ3v) is 1.75. The molecule has 1 aromatic rings. The van der Waals surface area contributed by atoms with Crippen LogP contribution in [0.2, 0.25) is 0 Å². The zero-order valence-electron chi connectivity index (χ0n) is 9.69. The maximum Gasteiger partial charge on any atom is 0.323 e. The average Bonchev–Trinajstić information content (AvgIpc) is 2.16. The lowest BCUT2D eigenvalue weighted by Crippen LogP contribution is -2.35. The second-order valence-corrected chi connectivity index (χ2v) is 3.90. The Labute approximate surface area is 94.1 Å². The Balaban J connectivity index is 2.87. The molecule has 90 valence electrons. The van der Waals surface area contributed by atoms with Gasteiger partial charge in [-0.2, -0.15) is 15.0 Å². The summed E-state index contributed by atoms with van der Waals surface area (Å²) >= 11 is 0. The number of nitrogens with zero attached hydrogens (tertiary/aromatic N) is 3. The van der Waals surface area contributed by atoms with Gasteiger partial charge in [0, 0.05) is 0 Å². The van der Waals surface area contributed by atoms with Crippen molar-refractivity contribution in [1.29, 1.82) is 0 Å². The van der Waals surface area contributed by atoms with Gasteiger partial charge in [-0.05, 0) is 20.8 Å². The Bertz CT molecular complexity index is 356. The third kappa shape index (κ3) is 3.50. The van der Waals surface area contributed by atoms with Crippen LogP contribution in [0.1, 0.15) is 20.8 Å². The smallest absolute Gasteiger partial charge is 0.323 e. The molecule has 0 aliphatic carbocycles. The molecule has 1 aromatic heterocycles. The second kappa shape index (κ2) is 4.93. The van der Waals surface area contributed by atoms with Gasteiger partial charge in [-0.15, -0.1) is 0 Å². The lowest BCUT2D eigenvalue weighted by molar-refractivity contribution is 0.233. The van der Waals surface area contributed by atoms with Crippen molar-refractivity contribution < 1.29 is 9.84 Å². The summed E-state index contributed by atoms with van der Waals surface area (Å²) in [5.74, 6) is 0.365. The molecule has 4 N–H and O–H groups in total. The Kier molecular flexibility index (Phi) is 3.83. The van der Waals surface area contributed by atoms with E-state index in [9.17, 15) is 0 Å². The molecule has 0 unspecified atom stereocenters. The van der Waals surface area contributed by atoms with E-state index in [4.69, 9.17) is 15.6 Å². The molecule has 1 heterocycles. The van der Waals surface area contributed by atoms with Gasteiger partial charge in [0.2, 0.25) is 11.9 Å². The first-order chi connectivity index (χ1) is 7.46. The number of nitrogen functional groups attached to an aromatic ring is 1. The van der Waals surface area contributed by atoms with Crippen LogP contribution in [0.25, 0.3) is 0 Å². The van der Waals surface area contributed by atoms with Crippen molar-refractivity contribution in [3.63, 3.8) is 0 Å². The van der Waals surface area contributed by atoms with Gasteiger partial charge >= 0.3 is 6.01 Å². The molecule has 1 rings (SSSR count). The Morgan fingerprint density at radius 1 is 1.38 bits per heavy atom. The first kappa shape index (κ1) is 12.4. The van der Waals surface area contributed by atoms with Crippen LogP contribution in [0, 0.1) is 0 Å². The summed E-state index contributed by atoms with van der Waals surface area (Å²) in [6.07, 6.45) is 0. The molecule has 0 aliphatic rings. The van der Waals surface area contributed by atoms with Crippen molar-refractivity contribution >= 4 is 11.9 Å². The van der Waals surface area contributed by atoms with E-state index in [0.717, 1.165) is 0 Å². The standard InChI is InChI=1S/C9H17N5O2/c1-4-16-8-12-6(10)11-7(13-8)14-9(2,3)5-15/h15H,4-5H2,1-3H3,(H3,10,11,12,13,14). The molecule has 7 heteroatoms. The number of ether oxygens (including phenoxy) is 1. The molecule has 0 bridgehead atoms. The summed E-state index contributed by atoms with van der Waals surface area (Å²) in [7, 11) is 0. The maximum absolute atomic E-state index is 9.10. The van der Waals surface area contributed by atoms with Crippen LogP contribution in [0.15, 0.2) is 0 Å². The molecule has 0 atom stereocenters. The van der Waals surface area contributed by atoms with Crippen molar-refractivity contribution in [2.24, 2.45) is 0 Å². The minimum atomic E-state index is -0.530. The monoisotopic (exact) mass is 227 g/mol. The third-order valence-electron chi connectivity index (χ3n) is 1.75. The molecule has 16 heavy (non-hydrogen) atoms. The number of aromatic nitrogens is 3. The van der Waals surface area contributed by atoms with Gasteiger partial charge in [-0.1, -0.05) is 0 Å². The van der Waals surface area contributed by atoms with Gasteiger partial charge < -0.3 is 20.9 Å². The number of nitrogens with two attached hydrogens (primary N) is 1. The minimum Gasteiger partial charge on any atom is -0.464 e. The van der Waals surface area contributed by atoms with Gasteiger partial charge in [-0.3, -0.25) is 0 Å². The number of hydrogen-bond acceptors (Lipinski definition) is 7. The van der Waals surface area contributed by atoms with E-state index in [1.54, 1.807) is 0 Å². The maximum atomic E-state index is 9.10. The number of hydrogen-bond donors (Lipinski definition) is 3. The molecule has 0 radical (unpaired) electrons. The van der Waals surface area contributed by atoms with E-state index in [1.807, 2.05) is 20.8 Å². The predicted octanol–water partition coefficient (Wildman–Crippen LogP) is 0.0353. The van der Waals surface area contributed by atoms with Gasteiger partial charge in [0.05, 0.1) is 18.8 Å². The van der Waals surface area contributed by atoms with Gasteiger partial charge in [0.25, 0.3) is 0 Å². The van der Waals surface area contributed by atoms with Crippen LogP contribution in [0.5, 0.6) is 6.01 Å². The second-order valence-electron chi connectivity index (χ2n) is 3.90. The highest BCUT2D eigenvalue weighted by molar-refractivity contribution is 5.34. The largest absolute Gasteiger partial charge is 0.464 e. The van der Waals surface area contributed by atoms with Crippen molar-refractivity contribution in [3.05, 3.63) is 0 Å². The summed E-state index contributed by atoms with van der Waals surface area (Å²) in [5.41, 5.74) is 4.97. The Hall–Kier alpha value is -1.63. The summed E-state index contributed by atoms with van der Waals surface area (Å²) < 4.78 is 5.13. The molecule has 0 fully saturated rings. The van der Waals surface area contributed by atoms with Crippen LogP contribution in [-0.2, 0) is 0 Å². The van der Waals surface area contributed by atoms with E-state index < -0.39 is 5.54 Å². The molecule has 0 saturated carbocycles. The SMILES string of the molecule is CCOc1nc(N)nc(NC(C)(C)CO)n1. The van der Waals surface area contributed by atoms with Crippen molar-refractivity contribution in [1.82, 2.24) is 15.0 Å².